The first-order valence-corrected chi connectivity index (χ1v) is 8.66. The summed E-state index contributed by atoms with van der Waals surface area (Å²) in [7, 11) is 0. The Labute approximate surface area is 136 Å². The summed E-state index contributed by atoms with van der Waals surface area (Å²) in [5.74, 6) is 0.0575. The normalized spacial score (nSPS) is 17.0. The molecule has 112 valence electrons. The molecule has 0 N–H and O–H groups in total. The van der Waals surface area contributed by atoms with Gasteiger partial charge in [0.1, 0.15) is 4.32 Å². The molecule has 1 saturated heterocycles. The number of carbonyl (C=O) groups is 1. The van der Waals surface area contributed by atoms with Gasteiger partial charge in [-0.25, -0.2) is 0 Å². The fourth-order valence-electron chi connectivity index (χ4n) is 2.20. The van der Waals surface area contributed by atoms with Crippen LogP contribution in [-0.4, -0.2) is 21.7 Å². The summed E-state index contributed by atoms with van der Waals surface area (Å²) in [6.07, 6.45) is 6.53. The van der Waals surface area contributed by atoms with Gasteiger partial charge in [0.15, 0.2) is 0 Å². The fourth-order valence-corrected chi connectivity index (χ4v) is 3.51. The molecule has 0 unspecified atom stereocenters. The third kappa shape index (κ3) is 4.42. The number of hydrogen-bond donors (Lipinski definition) is 0. The van der Waals surface area contributed by atoms with Crippen LogP contribution < -0.4 is 0 Å². The van der Waals surface area contributed by atoms with Gasteiger partial charge in [-0.2, -0.15) is 0 Å². The predicted molar refractivity (Wildman–Crippen MR) is 95.2 cm³/mol. The van der Waals surface area contributed by atoms with Crippen molar-refractivity contribution in [2.24, 2.45) is 0 Å². The van der Waals surface area contributed by atoms with Crippen molar-refractivity contribution < 1.29 is 4.79 Å². The number of rotatable bonds is 6. The van der Waals surface area contributed by atoms with Crippen LogP contribution in [0, 0.1) is 6.92 Å². The lowest BCUT2D eigenvalue weighted by Crippen LogP contribution is -2.28. The van der Waals surface area contributed by atoms with Crippen molar-refractivity contribution in [3.63, 3.8) is 0 Å². The van der Waals surface area contributed by atoms with E-state index in [0.29, 0.717) is 4.32 Å². The average Bonchev–Trinajstić information content (AvgIpc) is 2.73. The molecule has 1 aliphatic rings. The van der Waals surface area contributed by atoms with Crippen molar-refractivity contribution in [2.75, 3.05) is 6.54 Å². The van der Waals surface area contributed by atoms with Gasteiger partial charge < -0.3 is 0 Å². The zero-order valence-electron chi connectivity index (χ0n) is 12.6. The lowest BCUT2D eigenvalue weighted by atomic mass is 10.1. The first-order chi connectivity index (χ1) is 10.1. The van der Waals surface area contributed by atoms with Crippen molar-refractivity contribution >= 4 is 40.3 Å². The highest BCUT2D eigenvalue weighted by Gasteiger charge is 2.31. The zero-order chi connectivity index (χ0) is 15.2. The first kappa shape index (κ1) is 16.2. The van der Waals surface area contributed by atoms with E-state index in [-0.39, 0.29) is 5.91 Å². The van der Waals surface area contributed by atoms with Gasteiger partial charge in [-0.3, -0.25) is 9.69 Å². The van der Waals surface area contributed by atoms with Crippen LogP contribution in [0.4, 0.5) is 0 Å². The molecule has 4 heteroatoms. The molecule has 1 aliphatic heterocycles. The van der Waals surface area contributed by atoms with Crippen molar-refractivity contribution in [1.29, 1.82) is 0 Å². The number of carbonyl (C=O) groups excluding carboxylic acids is 1. The Hall–Kier alpha value is -1.13. The molecule has 21 heavy (non-hydrogen) atoms. The minimum atomic E-state index is 0.0575. The van der Waals surface area contributed by atoms with Gasteiger partial charge in [-0.05, 0) is 25.0 Å². The van der Waals surface area contributed by atoms with E-state index in [9.17, 15) is 4.79 Å². The molecule has 1 fully saturated rings. The van der Waals surface area contributed by atoms with Crippen LogP contribution in [0.1, 0.15) is 43.7 Å². The maximum Gasteiger partial charge on any atom is 0.266 e. The topological polar surface area (TPSA) is 20.3 Å². The van der Waals surface area contributed by atoms with E-state index in [1.165, 1.54) is 30.2 Å². The van der Waals surface area contributed by atoms with Gasteiger partial charge in [-0.1, -0.05) is 80.0 Å². The fraction of sp³-hybridized carbons (Fsp3) is 0.412. The second-order valence-electron chi connectivity index (χ2n) is 5.30. The molecule has 2 nitrogen and oxygen atoms in total. The number of aryl methyl sites for hydroxylation is 1. The summed E-state index contributed by atoms with van der Waals surface area (Å²) >= 11 is 6.75. The van der Waals surface area contributed by atoms with Gasteiger partial charge >= 0.3 is 0 Å². The first-order valence-electron chi connectivity index (χ1n) is 7.44. The Morgan fingerprint density at radius 1 is 1.19 bits per heavy atom. The quantitative estimate of drug-likeness (QED) is 0.428. The van der Waals surface area contributed by atoms with E-state index in [1.54, 1.807) is 4.90 Å². The number of nitrogens with zero attached hydrogens (tertiary/aromatic N) is 1. The second-order valence-corrected chi connectivity index (χ2v) is 6.98. The van der Waals surface area contributed by atoms with Gasteiger partial charge in [0.05, 0.1) is 4.91 Å². The van der Waals surface area contributed by atoms with E-state index < -0.39 is 0 Å². The number of thiocarbonyl (C=S) groups is 1. The third-order valence-corrected chi connectivity index (χ3v) is 4.86. The second kappa shape index (κ2) is 7.76. The van der Waals surface area contributed by atoms with Crippen molar-refractivity contribution in [3.8, 4) is 0 Å². The van der Waals surface area contributed by atoms with Crippen LogP contribution in [-0.2, 0) is 4.79 Å². The lowest BCUT2D eigenvalue weighted by Gasteiger charge is -2.13. The maximum atomic E-state index is 12.4. The molecule has 2 rings (SSSR count). The molecule has 0 spiro atoms. The van der Waals surface area contributed by atoms with Crippen molar-refractivity contribution in [3.05, 3.63) is 40.3 Å². The summed E-state index contributed by atoms with van der Waals surface area (Å²) in [5, 5.41) is 0. The molecule has 1 aromatic rings. The van der Waals surface area contributed by atoms with E-state index in [1.807, 2.05) is 18.2 Å². The molecule has 0 atom stereocenters. The zero-order valence-corrected chi connectivity index (χ0v) is 14.2. The molecular weight excluding hydrogens is 298 g/mol. The number of benzene rings is 1. The van der Waals surface area contributed by atoms with E-state index >= 15 is 0 Å². The highest BCUT2D eigenvalue weighted by Crippen LogP contribution is 2.32. The van der Waals surface area contributed by atoms with Gasteiger partial charge in [-0.15, -0.1) is 0 Å². The molecule has 1 aromatic carbocycles. The van der Waals surface area contributed by atoms with Crippen LogP contribution in [0.25, 0.3) is 6.08 Å². The van der Waals surface area contributed by atoms with Crippen LogP contribution in [0.3, 0.4) is 0 Å². The highest BCUT2D eigenvalue weighted by atomic mass is 32.2. The van der Waals surface area contributed by atoms with Crippen LogP contribution >= 0.6 is 24.0 Å². The molecule has 1 heterocycles. The molecule has 0 bridgehead atoms. The Balaban J connectivity index is 2.01. The SMILES string of the molecule is CCCCCCN1C(=O)C(=Cc2ccc(C)cc2)SC1=S. The minimum absolute atomic E-state index is 0.0575. The van der Waals surface area contributed by atoms with E-state index in [2.05, 4.69) is 26.0 Å². The number of hydrogen-bond acceptors (Lipinski definition) is 3. The summed E-state index contributed by atoms with van der Waals surface area (Å²) in [4.78, 5) is 14.9. The monoisotopic (exact) mass is 319 g/mol. The Morgan fingerprint density at radius 3 is 2.57 bits per heavy atom. The van der Waals surface area contributed by atoms with Gasteiger partial charge in [0, 0.05) is 6.54 Å². The van der Waals surface area contributed by atoms with E-state index in [4.69, 9.17) is 12.2 Å². The smallest absolute Gasteiger partial charge is 0.266 e. The lowest BCUT2D eigenvalue weighted by molar-refractivity contribution is -0.122. The largest absolute Gasteiger partial charge is 0.293 e. The number of amides is 1. The summed E-state index contributed by atoms with van der Waals surface area (Å²) in [5.41, 5.74) is 2.27. The maximum absolute atomic E-state index is 12.4. The average molecular weight is 319 g/mol. The standard InChI is InChI=1S/C17H21NOS2/c1-3-4-5-6-11-18-16(19)15(21-17(18)20)12-14-9-7-13(2)8-10-14/h7-10,12H,3-6,11H2,1-2H3. The Bertz CT molecular complexity index is 548. The minimum Gasteiger partial charge on any atom is -0.293 e. The van der Waals surface area contributed by atoms with Gasteiger partial charge in [0.25, 0.3) is 5.91 Å². The molecule has 0 aromatic heterocycles. The highest BCUT2D eigenvalue weighted by molar-refractivity contribution is 8.26. The number of thioether (sulfide) groups is 1. The van der Waals surface area contributed by atoms with E-state index in [0.717, 1.165) is 29.9 Å². The molecule has 0 radical (unpaired) electrons. The van der Waals surface area contributed by atoms with Crippen LogP contribution in [0.5, 0.6) is 0 Å². The summed E-state index contributed by atoms with van der Waals surface area (Å²) in [6.45, 7) is 4.99. The predicted octanol–water partition coefficient (Wildman–Crippen LogP) is 4.78. The molecule has 0 saturated carbocycles. The third-order valence-electron chi connectivity index (χ3n) is 3.48. The van der Waals surface area contributed by atoms with Crippen molar-refractivity contribution in [1.82, 2.24) is 4.90 Å². The summed E-state index contributed by atoms with van der Waals surface area (Å²) < 4.78 is 0.690. The Morgan fingerprint density at radius 2 is 1.90 bits per heavy atom. The molecular formula is C17H21NOS2. The molecule has 0 aliphatic carbocycles. The van der Waals surface area contributed by atoms with Crippen LogP contribution in [0.15, 0.2) is 29.2 Å². The Kier molecular flexibility index (Phi) is 6.00. The van der Waals surface area contributed by atoms with Crippen LogP contribution in [0.2, 0.25) is 0 Å². The summed E-state index contributed by atoms with van der Waals surface area (Å²) in [6, 6.07) is 8.17. The van der Waals surface area contributed by atoms with Gasteiger partial charge in [0.2, 0.25) is 0 Å². The molecule has 1 amide bonds. The van der Waals surface area contributed by atoms with Crippen molar-refractivity contribution in [2.45, 2.75) is 39.5 Å². The number of unbranched alkanes of at least 4 members (excludes halogenated alkanes) is 3.